The van der Waals surface area contributed by atoms with Crippen LogP contribution in [-0.2, 0) is 0 Å². The summed E-state index contributed by atoms with van der Waals surface area (Å²) < 4.78 is 0. The quantitative estimate of drug-likeness (QED) is 0.766. The van der Waals surface area contributed by atoms with Crippen molar-refractivity contribution in [2.75, 3.05) is 31.1 Å². The molecule has 2 aliphatic rings. The number of nitrogens with zero attached hydrogens (tertiary/aromatic N) is 2. The largest absolute Gasteiger partial charge is 0.478 e. The fourth-order valence-electron chi connectivity index (χ4n) is 3.98. The SMILES string of the molecule is Cc1ccc(-c2ccc(C(=O)O)c(N3CC[C@@]4(O)CCNC[C@H]4C3)n2)s1. The predicted molar refractivity (Wildman–Crippen MR) is 102 cm³/mol. The molecule has 2 fully saturated rings. The number of nitrogens with one attached hydrogen (secondary N) is 1. The Bertz CT molecular complexity index is 837. The molecule has 2 atom stereocenters. The first-order chi connectivity index (χ1) is 12.5. The highest BCUT2D eigenvalue weighted by molar-refractivity contribution is 7.15. The van der Waals surface area contributed by atoms with E-state index in [0.29, 0.717) is 25.3 Å². The molecular weight excluding hydrogens is 350 g/mol. The normalized spacial score (nSPS) is 25.8. The Morgan fingerprint density at radius 3 is 2.92 bits per heavy atom. The van der Waals surface area contributed by atoms with Gasteiger partial charge in [-0.15, -0.1) is 11.3 Å². The van der Waals surface area contributed by atoms with Crippen LogP contribution in [0.3, 0.4) is 0 Å². The number of hydrogen-bond acceptors (Lipinski definition) is 6. The van der Waals surface area contributed by atoms with Gasteiger partial charge in [0.05, 0.1) is 16.2 Å². The third-order valence-corrected chi connectivity index (χ3v) is 6.56. The molecular formula is C19H23N3O3S. The maximum Gasteiger partial charge on any atom is 0.339 e. The van der Waals surface area contributed by atoms with Crippen molar-refractivity contribution in [1.82, 2.24) is 10.3 Å². The smallest absolute Gasteiger partial charge is 0.339 e. The zero-order valence-corrected chi connectivity index (χ0v) is 15.6. The number of carbonyl (C=O) groups is 1. The van der Waals surface area contributed by atoms with Gasteiger partial charge in [-0.25, -0.2) is 9.78 Å². The lowest BCUT2D eigenvalue weighted by Crippen LogP contribution is -2.59. The molecule has 2 aliphatic heterocycles. The Labute approximate surface area is 156 Å². The summed E-state index contributed by atoms with van der Waals surface area (Å²) in [5.41, 5.74) is 0.370. The second-order valence-electron chi connectivity index (χ2n) is 7.23. The van der Waals surface area contributed by atoms with Crippen LogP contribution in [-0.4, -0.2) is 52.9 Å². The highest BCUT2D eigenvalue weighted by atomic mass is 32.1. The van der Waals surface area contributed by atoms with Gasteiger partial charge in [0.1, 0.15) is 11.4 Å². The minimum Gasteiger partial charge on any atom is -0.478 e. The molecule has 7 heteroatoms. The lowest BCUT2D eigenvalue weighted by Gasteiger charge is -2.48. The number of aromatic nitrogens is 1. The number of fused-ring (bicyclic) bond motifs is 1. The highest BCUT2D eigenvalue weighted by Crippen LogP contribution is 2.36. The van der Waals surface area contributed by atoms with Crippen LogP contribution in [0.2, 0.25) is 0 Å². The molecule has 0 saturated carbocycles. The van der Waals surface area contributed by atoms with Gasteiger partial charge in [-0.3, -0.25) is 0 Å². The van der Waals surface area contributed by atoms with E-state index in [2.05, 4.69) is 5.32 Å². The molecule has 0 aliphatic carbocycles. The molecule has 2 aromatic heterocycles. The molecule has 6 nitrogen and oxygen atoms in total. The maximum absolute atomic E-state index is 11.7. The second-order valence-corrected chi connectivity index (χ2v) is 8.52. The zero-order valence-electron chi connectivity index (χ0n) is 14.7. The van der Waals surface area contributed by atoms with Crippen LogP contribution in [0.25, 0.3) is 10.6 Å². The molecule has 0 unspecified atom stereocenters. The fourth-order valence-corrected chi connectivity index (χ4v) is 4.82. The Morgan fingerprint density at radius 1 is 1.35 bits per heavy atom. The molecule has 0 bridgehead atoms. The monoisotopic (exact) mass is 373 g/mol. The summed E-state index contributed by atoms with van der Waals surface area (Å²) >= 11 is 1.65. The molecule has 4 rings (SSSR count). The number of aromatic carboxylic acids is 1. The number of aryl methyl sites for hydroxylation is 1. The van der Waals surface area contributed by atoms with E-state index in [1.165, 1.54) is 4.88 Å². The number of hydrogen-bond donors (Lipinski definition) is 3. The van der Waals surface area contributed by atoms with Crippen LogP contribution in [0.1, 0.15) is 28.1 Å². The minimum absolute atomic E-state index is 0.0843. The van der Waals surface area contributed by atoms with Crippen LogP contribution in [0.4, 0.5) is 5.82 Å². The molecule has 138 valence electrons. The van der Waals surface area contributed by atoms with Crippen LogP contribution in [0.15, 0.2) is 24.3 Å². The maximum atomic E-state index is 11.7. The Balaban J connectivity index is 1.69. The van der Waals surface area contributed by atoms with Crippen LogP contribution in [0, 0.1) is 12.8 Å². The van der Waals surface area contributed by atoms with E-state index < -0.39 is 11.6 Å². The number of carboxylic acid groups (broad SMARTS) is 1. The van der Waals surface area contributed by atoms with E-state index in [1.807, 2.05) is 24.0 Å². The Kier molecular flexibility index (Phi) is 4.46. The molecule has 26 heavy (non-hydrogen) atoms. The van der Waals surface area contributed by atoms with Gasteiger partial charge in [0.2, 0.25) is 0 Å². The second kappa shape index (κ2) is 6.64. The van der Waals surface area contributed by atoms with Gasteiger partial charge >= 0.3 is 5.97 Å². The lowest BCUT2D eigenvalue weighted by molar-refractivity contribution is -0.0539. The number of piperidine rings is 2. The van der Waals surface area contributed by atoms with Crippen molar-refractivity contribution < 1.29 is 15.0 Å². The molecule has 2 saturated heterocycles. The molecule has 0 spiro atoms. The van der Waals surface area contributed by atoms with Crippen molar-refractivity contribution in [3.63, 3.8) is 0 Å². The van der Waals surface area contributed by atoms with E-state index in [4.69, 9.17) is 4.98 Å². The number of thiophene rings is 1. The zero-order chi connectivity index (χ0) is 18.3. The number of anilines is 1. The van der Waals surface area contributed by atoms with E-state index in [0.717, 1.165) is 30.1 Å². The van der Waals surface area contributed by atoms with Crippen LogP contribution < -0.4 is 10.2 Å². The Morgan fingerprint density at radius 2 is 2.19 bits per heavy atom. The van der Waals surface area contributed by atoms with Gasteiger partial charge < -0.3 is 20.4 Å². The summed E-state index contributed by atoms with van der Waals surface area (Å²) in [5, 5.41) is 23.8. The van der Waals surface area contributed by atoms with Crippen molar-refractivity contribution in [3.05, 3.63) is 34.7 Å². The van der Waals surface area contributed by atoms with Crippen LogP contribution >= 0.6 is 11.3 Å². The van der Waals surface area contributed by atoms with Gasteiger partial charge in [-0.2, -0.15) is 0 Å². The van der Waals surface area contributed by atoms with Gasteiger partial charge in [-0.05, 0) is 50.6 Å². The van der Waals surface area contributed by atoms with Gasteiger partial charge in [0.25, 0.3) is 0 Å². The summed E-state index contributed by atoms with van der Waals surface area (Å²) in [6, 6.07) is 7.49. The lowest BCUT2D eigenvalue weighted by atomic mass is 9.76. The number of pyridine rings is 1. The van der Waals surface area contributed by atoms with Crippen molar-refractivity contribution in [3.8, 4) is 10.6 Å². The summed E-state index contributed by atoms with van der Waals surface area (Å²) in [5.74, 6) is -0.376. The van der Waals surface area contributed by atoms with Gasteiger partial charge in [0.15, 0.2) is 0 Å². The van der Waals surface area contributed by atoms with E-state index in [-0.39, 0.29) is 11.5 Å². The summed E-state index contributed by atoms with van der Waals surface area (Å²) in [6.45, 7) is 4.86. The average Bonchev–Trinajstić information content (AvgIpc) is 3.07. The minimum atomic E-state index is -0.969. The first-order valence-electron chi connectivity index (χ1n) is 8.95. The molecule has 0 radical (unpaired) electrons. The van der Waals surface area contributed by atoms with E-state index >= 15 is 0 Å². The van der Waals surface area contributed by atoms with Crippen molar-refractivity contribution in [2.45, 2.75) is 25.4 Å². The summed E-state index contributed by atoms with van der Waals surface area (Å²) in [4.78, 5) is 20.7. The van der Waals surface area contributed by atoms with E-state index in [9.17, 15) is 15.0 Å². The number of rotatable bonds is 3. The van der Waals surface area contributed by atoms with Crippen molar-refractivity contribution in [1.29, 1.82) is 0 Å². The molecule has 3 N–H and O–H groups in total. The number of aliphatic hydroxyl groups is 1. The van der Waals surface area contributed by atoms with Crippen LogP contribution in [0.5, 0.6) is 0 Å². The average molecular weight is 373 g/mol. The molecule has 4 heterocycles. The first-order valence-corrected chi connectivity index (χ1v) is 9.77. The third kappa shape index (κ3) is 3.11. The van der Waals surface area contributed by atoms with E-state index in [1.54, 1.807) is 23.5 Å². The van der Waals surface area contributed by atoms with Gasteiger partial charge in [-0.1, -0.05) is 0 Å². The molecule has 2 aromatic rings. The molecule has 0 aromatic carbocycles. The summed E-state index contributed by atoms with van der Waals surface area (Å²) in [7, 11) is 0. The van der Waals surface area contributed by atoms with Crippen molar-refractivity contribution in [2.24, 2.45) is 5.92 Å². The summed E-state index contributed by atoms with van der Waals surface area (Å²) in [6.07, 6.45) is 1.39. The standard InChI is InChI=1S/C19H23N3O3S/c1-12-2-5-16(26-12)15-4-3-14(18(23)24)17(21-15)22-9-7-19(25)6-8-20-10-13(19)11-22/h2-5,13,20,25H,6-11H2,1H3,(H,23,24)/t13-,19-/m0/s1. The first kappa shape index (κ1) is 17.5. The van der Waals surface area contributed by atoms with Gasteiger partial charge in [0, 0.05) is 30.4 Å². The van der Waals surface area contributed by atoms with Crippen molar-refractivity contribution >= 4 is 23.1 Å². The highest BCUT2D eigenvalue weighted by Gasteiger charge is 2.43. The Hall–Kier alpha value is -1.96. The molecule has 0 amide bonds. The fraction of sp³-hybridized carbons (Fsp3) is 0.474. The predicted octanol–water partition coefficient (Wildman–Crippen LogP) is 2.37. The topological polar surface area (TPSA) is 85.7 Å². The number of carboxylic acids is 1. The third-order valence-electron chi connectivity index (χ3n) is 5.54.